The van der Waals surface area contributed by atoms with E-state index in [0.717, 1.165) is 51.9 Å². The minimum atomic E-state index is -4.37. The summed E-state index contributed by atoms with van der Waals surface area (Å²) in [5.41, 5.74) is 3.48. The number of thiazole rings is 1. The predicted octanol–water partition coefficient (Wildman–Crippen LogP) is 5.46. The summed E-state index contributed by atoms with van der Waals surface area (Å²) in [5, 5.41) is 10.9. The number of rotatable bonds is 12. The third-order valence-electron chi connectivity index (χ3n) is 5.69. The summed E-state index contributed by atoms with van der Waals surface area (Å²) in [6.45, 7) is 11.3. The number of pyridine rings is 1. The van der Waals surface area contributed by atoms with Gasteiger partial charge in [-0.2, -0.15) is 13.2 Å². The van der Waals surface area contributed by atoms with Gasteiger partial charge in [-0.3, -0.25) is 9.79 Å². The van der Waals surface area contributed by atoms with E-state index < -0.39 is 12.8 Å². The van der Waals surface area contributed by atoms with E-state index in [1.807, 2.05) is 45.3 Å². The van der Waals surface area contributed by atoms with Gasteiger partial charge < -0.3 is 20.4 Å². The van der Waals surface area contributed by atoms with Crippen molar-refractivity contribution in [2.75, 3.05) is 25.1 Å². The number of carbonyl (C=O) groups excluding carboxylic acids is 1. The highest BCUT2D eigenvalue weighted by molar-refractivity contribution is 7.12. The number of nitrogens with zero attached hydrogens (tertiary/aromatic N) is 5. The van der Waals surface area contributed by atoms with E-state index in [4.69, 9.17) is 0 Å². The lowest BCUT2D eigenvalue weighted by Crippen LogP contribution is -2.30. The van der Waals surface area contributed by atoms with Gasteiger partial charge >= 0.3 is 6.18 Å². The molecule has 0 saturated carbocycles. The molecule has 2 aromatic rings. The Morgan fingerprint density at radius 3 is 2.67 bits per heavy atom. The Kier molecular flexibility index (Phi) is 12.9. The van der Waals surface area contributed by atoms with Crippen LogP contribution in [0.3, 0.4) is 0 Å². The lowest BCUT2D eigenvalue weighted by Gasteiger charge is -2.20. The molecule has 3 heterocycles. The van der Waals surface area contributed by atoms with Crippen LogP contribution in [0.5, 0.6) is 0 Å². The van der Waals surface area contributed by atoms with Gasteiger partial charge in [0.1, 0.15) is 5.82 Å². The van der Waals surface area contributed by atoms with Crippen LogP contribution in [0, 0.1) is 20.8 Å². The van der Waals surface area contributed by atoms with Gasteiger partial charge in [0.25, 0.3) is 0 Å². The molecule has 13 heteroatoms. The summed E-state index contributed by atoms with van der Waals surface area (Å²) in [7, 11) is 0. The lowest BCUT2D eigenvalue weighted by atomic mass is 10.1. The number of aromatic nitrogens is 2. The van der Waals surface area contributed by atoms with Crippen molar-refractivity contribution in [2.24, 2.45) is 10.1 Å². The molecule has 0 aliphatic carbocycles. The minimum absolute atomic E-state index is 0.0377. The molecule has 0 spiro atoms. The van der Waals surface area contributed by atoms with Crippen molar-refractivity contribution in [3.63, 3.8) is 0 Å². The number of alkyl halides is 3. The highest BCUT2D eigenvalue weighted by Crippen LogP contribution is 2.25. The maximum atomic E-state index is 11.9. The predicted molar refractivity (Wildman–Crippen MR) is 150 cm³/mol. The molecule has 9 nitrogen and oxygen atoms in total. The number of hydrogen-bond donors (Lipinski definition) is 2. The first kappa shape index (κ1) is 31.7. The van der Waals surface area contributed by atoms with Gasteiger partial charge in [0, 0.05) is 31.4 Å². The number of carbonyl (C=O) groups is 1. The molecule has 1 atom stereocenters. The van der Waals surface area contributed by atoms with Gasteiger partial charge in [0.2, 0.25) is 13.0 Å². The molecule has 2 N–H and O–H groups in total. The van der Waals surface area contributed by atoms with Crippen LogP contribution >= 0.6 is 11.3 Å². The number of aliphatic imine (C=N–C) groups is 1. The Morgan fingerprint density at radius 2 is 2.10 bits per heavy atom. The fraction of sp³-hybridized carbons (Fsp3) is 0.500. The number of hydrogen-bond acceptors (Lipinski definition) is 9. The molecule has 1 amide bonds. The Bertz CT molecular complexity index is 1120. The fourth-order valence-corrected chi connectivity index (χ4v) is 4.64. The van der Waals surface area contributed by atoms with Crippen molar-refractivity contribution in [3.05, 3.63) is 45.7 Å². The molecule has 39 heavy (non-hydrogen) atoms. The first-order valence-electron chi connectivity index (χ1n) is 12.5. The zero-order valence-electron chi connectivity index (χ0n) is 22.7. The fourth-order valence-electron chi connectivity index (χ4n) is 3.74. The van der Waals surface area contributed by atoms with Crippen LogP contribution in [-0.2, 0) is 9.63 Å². The third kappa shape index (κ3) is 11.4. The molecule has 1 aliphatic heterocycles. The average molecular weight is 568 g/mol. The van der Waals surface area contributed by atoms with Crippen LogP contribution in [0.25, 0.3) is 5.70 Å². The largest absolute Gasteiger partial charge is 0.425 e. The van der Waals surface area contributed by atoms with Gasteiger partial charge in [0.15, 0.2) is 0 Å². The number of nitrogens with one attached hydrogen (secondary N) is 2. The second-order valence-corrected chi connectivity index (χ2v) is 10.1. The second kappa shape index (κ2) is 15.8. The van der Waals surface area contributed by atoms with Gasteiger partial charge in [-0.05, 0) is 58.4 Å². The lowest BCUT2D eigenvalue weighted by molar-refractivity contribution is -0.173. The quantitative estimate of drug-likeness (QED) is 0.116. The smallest absolute Gasteiger partial charge is 0.386 e. The van der Waals surface area contributed by atoms with E-state index in [9.17, 15) is 18.0 Å². The van der Waals surface area contributed by atoms with Gasteiger partial charge in [0.05, 0.1) is 33.7 Å². The number of amides is 1. The molecule has 214 valence electrons. The Labute approximate surface area is 231 Å². The van der Waals surface area contributed by atoms with Crippen molar-refractivity contribution in [2.45, 2.75) is 65.6 Å². The van der Waals surface area contributed by atoms with E-state index in [1.165, 1.54) is 0 Å². The van der Waals surface area contributed by atoms with Crippen molar-refractivity contribution in [1.82, 2.24) is 20.2 Å². The highest BCUT2D eigenvalue weighted by Gasteiger charge is 2.29. The van der Waals surface area contributed by atoms with Gasteiger partial charge in [-0.1, -0.05) is 18.1 Å². The van der Waals surface area contributed by atoms with Crippen molar-refractivity contribution < 1.29 is 22.8 Å². The first-order valence-corrected chi connectivity index (χ1v) is 13.3. The molecule has 0 bridgehead atoms. The van der Waals surface area contributed by atoms with Gasteiger partial charge in [-0.15, -0.1) is 11.3 Å². The minimum Gasteiger partial charge on any atom is -0.386 e. The van der Waals surface area contributed by atoms with Crippen molar-refractivity contribution in [1.29, 1.82) is 0 Å². The monoisotopic (exact) mass is 567 g/mol. The topological polar surface area (TPSA) is 104 Å². The first-order chi connectivity index (χ1) is 18.6. The Hall–Kier alpha value is -3.48. The van der Waals surface area contributed by atoms with Gasteiger partial charge in [-0.25, -0.2) is 9.97 Å². The van der Waals surface area contributed by atoms with Crippen molar-refractivity contribution >= 4 is 41.7 Å². The van der Waals surface area contributed by atoms with E-state index in [0.29, 0.717) is 31.8 Å². The SMILES string of the molecule is C=N/C(=C\NCNc1ccc(C)cn1)c1sc(C)nc1C.CC/C(C[C@H]1CCCN1C=O)=N/OCC(F)(F)F. The normalized spacial score (nSPS) is 15.9. The molecular formula is C26H36F3N7O2S. The summed E-state index contributed by atoms with van der Waals surface area (Å²) in [5.74, 6) is 0.833. The second-order valence-electron chi connectivity index (χ2n) is 8.86. The van der Waals surface area contributed by atoms with E-state index in [-0.39, 0.29) is 6.04 Å². The molecule has 0 aromatic carbocycles. The highest BCUT2D eigenvalue weighted by atomic mass is 32.1. The Morgan fingerprint density at radius 1 is 1.33 bits per heavy atom. The average Bonchev–Trinajstić information content (AvgIpc) is 3.48. The molecule has 0 radical (unpaired) electrons. The van der Waals surface area contributed by atoms with E-state index >= 15 is 0 Å². The van der Waals surface area contributed by atoms with Crippen LogP contribution in [-0.4, -0.2) is 65.7 Å². The molecule has 1 fully saturated rings. The summed E-state index contributed by atoms with van der Waals surface area (Å²) in [4.78, 5) is 30.5. The standard InChI is InChI=1S/C15H19N5S.C11H17F3N2O2/c1-10-5-6-14(18-7-10)19-9-17-8-13(16-4)15-11(2)20-12(3)21-15;1-2-9(15-18-7-11(12,13)14)6-10-4-3-5-16(10)8-17/h5-8,17H,4,9H2,1-3H3,(H,18,19);8,10H,2-7H2,1H3/b13-8-;15-9-/t;10-/m.1/s1. The molecular weight excluding hydrogens is 531 g/mol. The zero-order valence-corrected chi connectivity index (χ0v) is 23.5. The summed E-state index contributed by atoms with van der Waals surface area (Å²) in [6.07, 6.45) is 2.85. The number of aryl methyl sites for hydroxylation is 3. The number of likely N-dealkylation sites (tertiary alicyclic amines) is 1. The van der Waals surface area contributed by atoms with Crippen LogP contribution in [0.2, 0.25) is 0 Å². The molecule has 3 rings (SSSR count). The molecule has 1 saturated heterocycles. The van der Waals surface area contributed by atoms with Crippen LogP contribution < -0.4 is 10.6 Å². The van der Waals surface area contributed by atoms with E-state index in [2.05, 4.69) is 42.3 Å². The zero-order chi connectivity index (χ0) is 28.8. The third-order valence-corrected chi connectivity index (χ3v) is 6.78. The molecule has 2 aromatic heterocycles. The number of anilines is 1. The molecule has 1 aliphatic rings. The number of halogens is 3. The summed E-state index contributed by atoms with van der Waals surface area (Å²) >= 11 is 1.62. The van der Waals surface area contributed by atoms with E-state index in [1.54, 1.807) is 23.2 Å². The summed E-state index contributed by atoms with van der Waals surface area (Å²) < 4.78 is 35.6. The summed E-state index contributed by atoms with van der Waals surface area (Å²) in [6, 6.07) is 4.01. The van der Waals surface area contributed by atoms with Crippen LogP contribution in [0.1, 0.15) is 53.7 Å². The van der Waals surface area contributed by atoms with Crippen LogP contribution in [0.4, 0.5) is 19.0 Å². The maximum Gasteiger partial charge on any atom is 0.425 e. The maximum absolute atomic E-state index is 11.9. The molecule has 0 unspecified atom stereocenters. The van der Waals surface area contributed by atoms with Crippen LogP contribution in [0.15, 0.2) is 34.7 Å². The Balaban J connectivity index is 0.000000277. The van der Waals surface area contributed by atoms with Crippen molar-refractivity contribution in [3.8, 4) is 0 Å². The number of oxime groups is 1.